The van der Waals surface area contributed by atoms with Crippen molar-refractivity contribution < 1.29 is 0 Å². The van der Waals surface area contributed by atoms with Crippen LogP contribution in [0.4, 0.5) is 0 Å². The summed E-state index contributed by atoms with van der Waals surface area (Å²) in [6.45, 7) is 6.47. The molecule has 0 fully saturated rings. The van der Waals surface area contributed by atoms with Gasteiger partial charge in [-0.3, -0.25) is 0 Å². The normalized spacial score (nSPS) is 13.4. The number of fused-ring (bicyclic) bond motifs is 3. The minimum Gasteiger partial charge on any atom is -0.0619 e. The summed E-state index contributed by atoms with van der Waals surface area (Å²) in [7, 11) is 0. The van der Waals surface area contributed by atoms with Crippen LogP contribution in [0.3, 0.4) is 0 Å². The number of rotatable bonds is 3. The first kappa shape index (κ1) is 20.7. The molecule has 0 heterocycles. The highest BCUT2D eigenvalue weighted by molar-refractivity contribution is 5.95. The molecule has 1 aliphatic carbocycles. The Hall–Kier alpha value is -3.90. The fraction of sp³-hybridized carbons (Fsp3) is 0.118. The second-order valence-corrected chi connectivity index (χ2v) is 9.62. The monoisotopic (exact) mass is 436 g/mol. The molecule has 6 rings (SSSR count). The van der Waals surface area contributed by atoms with E-state index in [-0.39, 0.29) is 5.41 Å². The van der Waals surface area contributed by atoms with Gasteiger partial charge in [-0.05, 0) is 65.3 Å². The molecule has 5 aromatic rings. The Morgan fingerprint density at radius 2 is 0.882 bits per heavy atom. The summed E-state index contributed by atoms with van der Waals surface area (Å²) < 4.78 is 0. The largest absolute Gasteiger partial charge is 0.0713 e. The smallest absolute Gasteiger partial charge is 0.0619 e. The highest BCUT2D eigenvalue weighted by Crippen LogP contribution is 2.58. The Morgan fingerprint density at radius 3 is 1.47 bits per heavy atom. The molecule has 0 nitrogen and oxygen atoms in total. The molecular weight excluding hydrogens is 408 g/mol. The number of hydrogen-bond acceptors (Lipinski definition) is 0. The van der Waals surface area contributed by atoms with Gasteiger partial charge in [0.05, 0.1) is 5.41 Å². The van der Waals surface area contributed by atoms with Crippen LogP contribution in [0.25, 0.3) is 22.3 Å². The second-order valence-electron chi connectivity index (χ2n) is 9.62. The molecule has 5 aromatic carbocycles. The SMILES string of the molecule is Cc1ccc(-c2cccc3c2-c2ccccc2C3(c2ccc(C)cc2)c2ccc(C)cc2)cc1. The maximum absolute atomic E-state index is 2.34. The molecule has 0 unspecified atom stereocenters. The van der Waals surface area contributed by atoms with Crippen molar-refractivity contribution in [2.75, 3.05) is 0 Å². The average Bonchev–Trinajstić information content (AvgIpc) is 3.17. The van der Waals surface area contributed by atoms with Crippen LogP contribution in [0.5, 0.6) is 0 Å². The number of benzene rings is 5. The van der Waals surface area contributed by atoms with Gasteiger partial charge in [-0.15, -0.1) is 0 Å². The molecular formula is C34H28. The third kappa shape index (κ3) is 2.99. The van der Waals surface area contributed by atoms with Crippen molar-refractivity contribution in [2.24, 2.45) is 0 Å². The zero-order chi connectivity index (χ0) is 23.3. The van der Waals surface area contributed by atoms with Crippen LogP contribution in [0.1, 0.15) is 38.9 Å². The molecule has 0 spiro atoms. The Kier molecular flexibility index (Phi) is 4.78. The lowest BCUT2D eigenvalue weighted by atomic mass is 9.67. The van der Waals surface area contributed by atoms with Crippen molar-refractivity contribution in [1.29, 1.82) is 0 Å². The van der Waals surface area contributed by atoms with Gasteiger partial charge in [0.2, 0.25) is 0 Å². The Morgan fingerprint density at radius 1 is 0.412 bits per heavy atom. The van der Waals surface area contributed by atoms with Crippen molar-refractivity contribution in [3.8, 4) is 22.3 Å². The van der Waals surface area contributed by atoms with Gasteiger partial charge in [0.15, 0.2) is 0 Å². The van der Waals surface area contributed by atoms with Gasteiger partial charge in [0.1, 0.15) is 0 Å². The molecule has 0 aliphatic heterocycles. The zero-order valence-corrected chi connectivity index (χ0v) is 20.0. The van der Waals surface area contributed by atoms with Crippen molar-refractivity contribution >= 4 is 0 Å². The van der Waals surface area contributed by atoms with Crippen LogP contribution < -0.4 is 0 Å². The summed E-state index contributed by atoms with van der Waals surface area (Å²) in [5, 5.41) is 0. The van der Waals surface area contributed by atoms with E-state index < -0.39 is 0 Å². The van der Waals surface area contributed by atoms with E-state index in [1.165, 1.54) is 61.2 Å². The Labute approximate surface area is 202 Å². The van der Waals surface area contributed by atoms with E-state index >= 15 is 0 Å². The molecule has 0 radical (unpaired) electrons. The van der Waals surface area contributed by atoms with Gasteiger partial charge < -0.3 is 0 Å². The molecule has 0 saturated heterocycles. The first-order chi connectivity index (χ1) is 16.6. The molecule has 164 valence electrons. The molecule has 0 heteroatoms. The van der Waals surface area contributed by atoms with Crippen molar-refractivity contribution in [3.63, 3.8) is 0 Å². The zero-order valence-electron chi connectivity index (χ0n) is 20.0. The third-order valence-corrected chi connectivity index (χ3v) is 7.40. The summed E-state index contributed by atoms with van der Waals surface area (Å²) in [6.07, 6.45) is 0. The summed E-state index contributed by atoms with van der Waals surface area (Å²) >= 11 is 0. The van der Waals surface area contributed by atoms with Crippen molar-refractivity contribution in [1.82, 2.24) is 0 Å². The maximum atomic E-state index is 2.34. The van der Waals surface area contributed by atoms with E-state index in [0.717, 1.165) is 0 Å². The van der Waals surface area contributed by atoms with Crippen LogP contribution >= 0.6 is 0 Å². The minimum absolute atomic E-state index is 0.353. The molecule has 0 amide bonds. The first-order valence-corrected chi connectivity index (χ1v) is 12.0. The van der Waals surface area contributed by atoms with Crippen LogP contribution in [0, 0.1) is 20.8 Å². The third-order valence-electron chi connectivity index (χ3n) is 7.40. The lowest BCUT2D eigenvalue weighted by Gasteiger charge is -2.34. The molecule has 1 aliphatic rings. The standard InChI is InChI=1S/C34H28/c1-23-11-17-26(18-12-23)29-8-6-10-32-33(29)30-7-4-5-9-31(30)34(32,27-19-13-24(2)14-20-27)28-21-15-25(3)16-22-28/h4-22H,1-3H3. The lowest BCUT2D eigenvalue weighted by molar-refractivity contribution is 0.767. The van der Waals surface area contributed by atoms with Crippen molar-refractivity contribution in [3.05, 3.63) is 154 Å². The average molecular weight is 437 g/mol. The van der Waals surface area contributed by atoms with Gasteiger partial charge in [0, 0.05) is 0 Å². The lowest BCUT2D eigenvalue weighted by Crippen LogP contribution is -2.28. The number of hydrogen-bond donors (Lipinski definition) is 0. The molecule has 0 saturated carbocycles. The molecule has 0 N–H and O–H groups in total. The van der Waals surface area contributed by atoms with Crippen LogP contribution in [-0.2, 0) is 5.41 Å². The second kappa shape index (κ2) is 7.85. The summed E-state index contributed by atoms with van der Waals surface area (Å²) in [4.78, 5) is 0. The highest BCUT2D eigenvalue weighted by atomic mass is 14.5. The highest BCUT2D eigenvalue weighted by Gasteiger charge is 2.46. The summed E-state index contributed by atoms with van der Waals surface area (Å²) in [6, 6.07) is 43.0. The van der Waals surface area contributed by atoms with E-state index in [1.807, 2.05) is 0 Å². The van der Waals surface area contributed by atoms with E-state index in [4.69, 9.17) is 0 Å². The van der Waals surface area contributed by atoms with Crippen LogP contribution in [0.2, 0.25) is 0 Å². The summed E-state index contributed by atoms with van der Waals surface area (Å²) in [5.41, 5.74) is 14.1. The molecule has 0 atom stereocenters. The van der Waals surface area contributed by atoms with E-state index in [2.05, 4.69) is 136 Å². The first-order valence-electron chi connectivity index (χ1n) is 12.0. The Bertz CT molecular complexity index is 1440. The topological polar surface area (TPSA) is 0 Å². The predicted molar refractivity (Wildman–Crippen MR) is 143 cm³/mol. The van der Waals surface area contributed by atoms with E-state index in [9.17, 15) is 0 Å². The maximum Gasteiger partial charge on any atom is 0.0713 e. The van der Waals surface area contributed by atoms with Gasteiger partial charge in [-0.25, -0.2) is 0 Å². The minimum atomic E-state index is -0.353. The quantitative estimate of drug-likeness (QED) is 0.260. The van der Waals surface area contributed by atoms with Crippen LogP contribution in [-0.4, -0.2) is 0 Å². The summed E-state index contributed by atoms with van der Waals surface area (Å²) in [5.74, 6) is 0. The Balaban J connectivity index is 1.75. The molecule has 0 aromatic heterocycles. The number of aryl methyl sites for hydroxylation is 3. The van der Waals surface area contributed by atoms with Gasteiger partial charge >= 0.3 is 0 Å². The van der Waals surface area contributed by atoms with E-state index in [0.29, 0.717) is 0 Å². The van der Waals surface area contributed by atoms with Gasteiger partial charge in [0.25, 0.3) is 0 Å². The fourth-order valence-corrected chi connectivity index (χ4v) is 5.70. The fourth-order valence-electron chi connectivity index (χ4n) is 5.70. The van der Waals surface area contributed by atoms with Crippen LogP contribution in [0.15, 0.2) is 115 Å². The van der Waals surface area contributed by atoms with Crippen molar-refractivity contribution in [2.45, 2.75) is 26.2 Å². The van der Waals surface area contributed by atoms with E-state index in [1.54, 1.807) is 0 Å². The van der Waals surface area contributed by atoms with Gasteiger partial charge in [-0.2, -0.15) is 0 Å². The molecule has 34 heavy (non-hydrogen) atoms. The molecule has 0 bridgehead atoms. The predicted octanol–water partition coefficient (Wildman–Crippen LogP) is 8.64. The van der Waals surface area contributed by atoms with Gasteiger partial charge in [-0.1, -0.05) is 132 Å².